The third kappa shape index (κ3) is 3.70. The van der Waals surface area contributed by atoms with E-state index in [0.29, 0.717) is 24.4 Å². The van der Waals surface area contributed by atoms with E-state index in [1.54, 1.807) is 19.1 Å². The molecule has 1 aromatic heterocycles. The first-order valence-corrected chi connectivity index (χ1v) is 9.79. The molecule has 2 aliphatic rings. The molecular weight excluding hydrogens is 375 g/mol. The van der Waals surface area contributed by atoms with E-state index in [9.17, 15) is 19.1 Å². The second-order valence-electron chi connectivity index (χ2n) is 7.51. The number of hydrogen-bond donors (Lipinski definition) is 1. The van der Waals surface area contributed by atoms with Gasteiger partial charge in [0.1, 0.15) is 11.6 Å². The minimum absolute atomic E-state index is 0.0413. The number of amides is 1. The largest absolute Gasteiger partial charge is 0.503 e. The number of aryl methyl sites for hydroxylation is 1. The molecule has 1 unspecified atom stereocenters. The summed E-state index contributed by atoms with van der Waals surface area (Å²) >= 11 is 0. The predicted molar refractivity (Wildman–Crippen MR) is 104 cm³/mol. The molecule has 0 spiro atoms. The fourth-order valence-corrected chi connectivity index (χ4v) is 4.08. The number of likely N-dealkylation sites (tertiary alicyclic amines) is 1. The lowest BCUT2D eigenvalue weighted by atomic mass is 9.95. The second kappa shape index (κ2) is 7.83. The van der Waals surface area contributed by atoms with E-state index in [4.69, 9.17) is 4.42 Å². The monoisotopic (exact) mass is 398 g/mol. The second-order valence-corrected chi connectivity index (χ2v) is 7.51. The van der Waals surface area contributed by atoms with Gasteiger partial charge in [0, 0.05) is 13.1 Å². The van der Waals surface area contributed by atoms with Gasteiger partial charge in [0.2, 0.25) is 5.78 Å². The van der Waals surface area contributed by atoms with Crippen LogP contribution in [0.25, 0.3) is 0 Å². The molecule has 7 heteroatoms. The number of Topliss-reactive ketones (excluding diaryl/α,β-unsaturated/α-hetero) is 1. The molecule has 29 heavy (non-hydrogen) atoms. The third-order valence-corrected chi connectivity index (χ3v) is 5.53. The Labute approximate surface area is 168 Å². The Hall–Kier alpha value is -2.93. The van der Waals surface area contributed by atoms with Crippen LogP contribution in [0.5, 0.6) is 0 Å². The van der Waals surface area contributed by atoms with Gasteiger partial charge in [-0.1, -0.05) is 12.1 Å². The van der Waals surface area contributed by atoms with E-state index >= 15 is 0 Å². The van der Waals surface area contributed by atoms with Gasteiger partial charge in [-0.15, -0.1) is 0 Å². The number of carbonyl (C=O) groups excluding carboxylic acids is 2. The third-order valence-electron chi connectivity index (χ3n) is 5.53. The molecule has 1 fully saturated rings. The number of nitrogens with zero attached hydrogens (tertiary/aromatic N) is 2. The van der Waals surface area contributed by atoms with Crippen LogP contribution < -0.4 is 0 Å². The molecule has 1 saturated heterocycles. The molecule has 0 bridgehead atoms. The van der Waals surface area contributed by atoms with Crippen molar-refractivity contribution in [2.75, 3.05) is 26.2 Å². The van der Waals surface area contributed by atoms with Gasteiger partial charge < -0.3 is 19.3 Å². The summed E-state index contributed by atoms with van der Waals surface area (Å²) in [5.41, 5.74) is 0.367. The minimum atomic E-state index is -0.862. The first-order chi connectivity index (χ1) is 14.0. The number of hydrogen-bond acceptors (Lipinski definition) is 5. The Balaban J connectivity index is 1.70. The van der Waals surface area contributed by atoms with E-state index in [2.05, 4.69) is 4.90 Å². The summed E-state index contributed by atoms with van der Waals surface area (Å²) in [5, 5.41) is 10.6. The number of aliphatic hydroxyl groups is 1. The summed E-state index contributed by atoms with van der Waals surface area (Å²) in [4.78, 5) is 29.6. The van der Waals surface area contributed by atoms with Crippen molar-refractivity contribution in [3.8, 4) is 0 Å². The van der Waals surface area contributed by atoms with Gasteiger partial charge in [0.15, 0.2) is 11.5 Å². The van der Waals surface area contributed by atoms with Crippen LogP contribution in [0, 0.1) is 12.7 Å². The van der Waals surface area contributed by atoms with Crippen LogP contribution in [0.2, 0.25) is 0 Å². The molecule has 4 rings (SSSR count). The molecule has 0 saturated carbocycles. The van der Waals surface area contributed by atoms with Crippen molar-refractivity contribution in [2.45, 2.75) is 25.8 Å². The quantitative estimate of drug-likeness (QED) is 0.755. The molecule has 0 aliphatic carbocycles. The van der Waals surface area contributed by atoms with E-state index in [1.165, 1.54) is 29.2 Å². The minimum Gasteiger partial charge on any atom is -0.503 e. The van der Waals surface area contributed by atoms with Crippen molar-refractivity contribution in [1.29, 1.82) is 0 Å². The molecule has 1 N–H and O–H groups in total. The van der Waals surface area contributed by atoms with Gasteiger partial charge in [-0.05, 0) is 62.7 Å². The standard InChI is InChI=1S/C22H23FN2O4/c1-14-7-8-17(29-14)20(26)18-19(15-5-4-6-16(23)13-15)25(22(28)21(18)27)12-11-24-9-2-3-10-24/h4-8,13,19,27H,2-3,9-12H2,1H3. The zero-order valence-corrected chi connectivity index (χ0v) is 16.2. The van der Waals surface area contributed by atoms with Crippen LogP contribution in [-0.2, 0) is 4.79 Å². The van der Waals surface area contributed by atoms with Crippen LogP contribution in [0.15, 0.2) is 52.1 Å². The Morgan fingerprint density at radius 2 is 1.97 bits per heavy atom. The predicted octanol–water partition coefficient (Wildman–Crippen LogP) is 3.40. The smallest absolute Gasteiger partial charge is 0.290 e. The van der Waals surface area contributed by atoms with E-state index in [1.807, 2.05) is 0 Å². The lowest BCUT2D eigenvalue weighted by Crippen LogP contribution is -2.38. The van der Waals surface area contributed by atoms with Crippen molar-refractivity contribution >= 4 is 11.7 Å². The molecule has 0 radical (unpaired) electrons. The van der Waals surface area contributed by atoms with Gasteiger partial charge in [-0.3, -0.25) is 9.59 Å². The fraction of sp³-hybridized carbons (Fsp3) is 0.364. The Morgan fingerprint density at radius 3 is 2.62 bits per heavy atom. The highest BCUT2D eigenvalue weighted by Crippen LogP contribution is 2.39. The lowest BCUT2D eigenvalue weighted by molar-refractivity contribution is -0.129. The highest BCUT2D eigenvalue weighted by atomic mass is 19.1. The van der Waals surface area contributed by atoms with Crippen LogP contribution >= 0.6 is 0 Å². The number of benzene rings is 1. The van der Waals surface area contributed by atoms with Gasteiger partial charge in [-0.25, -0.2) is 4.39 Å². The lowest BCUT2D eigenvalue weighted by Gasteiger charge is -2.28. The first-order valence-electron chi connectivity index (χ1n) is 9.79. The van der Waals surface area contributed by atoms with Crippen LogP contribution in [0.1, 0.15) is 40.8 Å². The van der Waals surface area contributed by atoms with E-state index in [0.717, 1.165) is 25.9 Å². The van der Waals surface area contributed by atoms with Gasteiger partial charge in [0.05, 0.1) is 11.6 Å². The van der Waals surface area contributed by atoms with Gasteiger partial charge in [0.25, 0.3) is 5.91 Å². The average molecular weight is 398 g/mol. The highest BCUT2D eigenvalue weighted by Gasteiger charge is 2.44. The molecular formula is C22H23FN2O4. The SMILES string of the molecule is Cc1ccc(C(=O)C2=C(O)C(=O)N(CCN3CCCC3)C2c2cccc(F)c2)o1. The molecule has 3 heterocycles. The summed E-state index contributed by atoms with van der Waals surface area (Å²) in [5.74, 6) is -1.67. The molecule has 2 aromatic rings. The van der Waals surface area contributed by atoms with Crippen molar-refractivity contribution in [2.24, 2.45) is 0 Å². The van der Waals surface area contributed by atoms with Crippen molar-refractivity contribution < 1.29 is 23.5 Å². The fourth-order valence-electron chi connectivity index (χ4n) is 4.08. The zero-order chi connectivity index (χ0) is 20.5. The molecule has 1 atom stereocenters. The Kier molecular flexibility index (Phi) is 5.24. The molecule has 152 valence electrons. The number of furan rings is 1. The highest BCUT2D eigenvalue weighted by molar-refractivity contribution is 6.15. The summed E-state index contributed by atoms with van der Waals surface area (Å²) in [6, 6.07) is 8.07. The topological polar surface area (TPSA) is 74.0 Å². The van der Waals surface area contributed by atoms with Gasteiger partial charge in [-0.2, -0.15) is 0 Å². The molecule has 1 amide bonds. The molecule has 6 nitrogen and oxygen atoms in total. The van der Waals surface area contributed by atoms with Crippen molar-refractivity contribution in [3.05, 3.63) is 70.6 Å². The number of aliphatic hydroxyl groups excluding tert-OH is 1. The van der Waals surface area contributed by atoms with Gasteiger partial charge >= 0.3 is 0 Å². The number of carbonyl (C=O) groups is 2. The normalized spacial score (nSPS) is 20.1. The number of ketones is 1. The summed E-state index contributed by atoms with van der Waals surface area (Å²) in [6.45, 7) is 4.59. The van der Waals surface area contributed by atoms with Crippen LogP contribution in [0.4, 0.5) is 4.39 Å². The Bertz CT molecular complexity index is 975. The number of rotatable bonds is 6. The van der Waals surface area contributed by atoms with Crippen molar-refractivity contribution in [3.63, 3.8) is 0 Å². The maximum atomic E-state index is 13.9. The maximum absolute atomic E-state index is 13.9. The summed E-state index contributed by atoms with van der Waals surface area (Å²) in [7, 11) is 0. The molecule has 1 aromatic carbocycles. The summed E-state index contributed by atoms with van der Waals surface area (Å²) < 4.78 is 19.4. The molecule has 2 aliphatic heterocycles. The maximum Gasteiger partial charge on any atom is 0.290 e. The van der Waals surface area contributed by atoms with Crippen LogP contribution in [0.3, 0.4) is 0 Å². The zero-order valence-electron chi connectivity index (χ0n) is 16.2. The average Bonchev–Trinajstić information content (AvgIpc) is 3.42. The van der Waals surface area contributed by atoms with E-state index < -0.39 is 29.3 Å². The van der Waals surface area contributed by atoms with Crippen LogP contribution in [-0.4, -0.2) is 52.8 Å². The summed E-state index contributed by atoms with van der Waals surface area (Å²) in [6.07, 6.45) is 2.23. The van der Waals surface area contributed by atoms with Crippen molar-refractivity contribution in [1.82, 2.24) is 9.80 Å². The Morgan fingerprint density at radius 1 is 1.21 bits per heavy atom. The first kappa shape index (κ1) is 19.4. The van der Waals surface area contributed by atoms with E-state index in [-0.39, 0.29) is 11.3 Å². The number of halogens is 1.